The molecule has 1 amide bonds. The van der Waals surface area contributed by atoms with Gasteiger partial charge in [-0.05, 0) is 35.9 Å². The minimum absolute atomic E-state index is 0.0886. The predicted octanol–water partition coefficient (Wildman–Crippen LogP) is 2.51. The Balaban J connectivity index is 1.79. The summed E-state index contributed by atoms with van der Waals surface area (Å²) in [5, 5.41) is 18.2. The lowest BCUT2D eigenvalue weighted by atomic mass is 10.1. The minimum Gasteiger partial charge on any atom is -0.497 e. The van der Waals surface area contributed by atoms with E-state index in [-0.39, 0.29) is 18.9 Å². The molecule has 2 aromatic carbocycles. The fraction of sp³-hybridized carbons (Fsp3) is 0.211. The number of fused-ring (bicyclic) bond motifs is 3. The Morgan fingerprint density at radius 2 is 1.96 bits per heavy atom. The van der Waals surface area contributed by atoms with Crippen LogP contribution in [-0.2, 0) is 24.4 Å². The molecule has 0 unspecified atom stereocenters. The zero-order valence-electron chi connectivity index (χ0n) is 14.6. The number of anilines is 1. The first-order valence-corrected chi connectivity index (χ1v) is 8.76. The number of carbonyl (C=O) groups excluding carboxylic acids is 1. The first-order chi connectivity index (χ1) is 13.1. The summed E-state index contributed by atoms with van der Waals surface area (Å²) >= 11 is 6.19. The molecule has 0 aliphatic carbocycles. The summed E-state index contributed by atoms with van der Waals surface area (Å²) in [4.78, 5) is 14.7. The number of nitrogens with zero attached hydrogens (tertiary/aromatic N) is 4. The highest BCUT2D eigenvalue weighted by Gasteiger charge is 2.29. The smallest absolute Gasteiger partial charge is 0.233 e. The molecule has 2 heterocycles. The van der Waals surface area contributed by atoms with Gasteiger partial charge in [-0.3, -0.25) is 4.79 Å². The monoisotopic (exact) mass is 384 g/mol. The van der Waals surface area contributed by atoms with Crippen molar-refractivity contribution in [1.82, 2.24) is 15.0 Å². The average Bonchev–Trinajstić information content (AvgIpc) is 3.04. The van der Waals surface area contributed by atoms with Gasteiger partial charge < -0.3 is 14.7 Å². The Morgan fingerprint density at radius 3 is 2.67 bits per heavy atom. The van der Waals surface area contributed by atoms with Crippen molar-refractivity contribution < 1.29 is 14.6 Å². The molecule has 138 valence electrons. The second-order valence-corrected chi connectivity index (χ2v) is 6.63. The van der Waals surface area contributed by atoms with Gasteiger partial charge in [-0.1, -0.05) is 28.9 Å². The summed E-state index contributed by atoms with van der Waals surface area (Å²) in [5.74, 6) is 0.650. The van der Waals surface area contributed by atoms with Gasteiger partial charge in [0.25, 0.3) is 0 Å². The molecular weight excluding hydrogens is 368 g/mol. The van der Waals surface area contributed by atoms with E-state index < -0.39 is 0 Å². The number of carbonyl (C=O) groups is 1. The van der Waals surface area contributed by atoms with Gasteiger partial charge in [0.1, 0.15) is 11.4 Å². The van der Waals surface area contributed by atoms with E-state index >= 15 is 0 Å². The Kier molecular flexibility index (Phi) is 4.55. The Morgan fingerprint density at radius 1 is 1.19 bits per heavy atom. The van der Waals surface area contributed by atoms with Crippen LogP contribution in [0.3, 0.4) is 0 Å². The van der Waals surface area contributed by atoms with Gasteiger partial charge in [-0.15, -0.1) is 5.10 Å². The second-order valence-electron chi connectivity index (χ2n) is 6.19. The van der Waals surface area contributed by atoms with E-state index in [2.05, 4.69) is 10.3 Å². The Bertz CT molecular complexity index is 1000. The molecule has 0 fully saturated rings. The summed E-state index contributed by atoms with van der Waals surface area (Å²) in [6.45, 7) is 0.112. The number of amides is 1. The van der Waals surface area contributed by atoms with Crippen LogP contribution in [0.4, 0.5) is 5.69 Å². The third-order valence-corrected chi connectivity index (χ3v) is 4.80. The third kappa shape index (κ3) is 3.15. The summed E-state index contributed by atoms with van der Waals surface area (Å²) < 4.78 is 6.77. The molecule has 1 aromatic heterocycles. The van der Waals surface area contributed by atoms with Gasteiger partial charge in [0.15, 0.2) is 0 Å². The van der Waals surface area contributed by atoms with E-state index in [0.717, 1.165) is 11.3 Å². The number of halogens is 1. The number of hydrogen-bond acceptors (Lipinski definition) is 5. The third-order valence-electron chi connectivity index (χ3n) is 4.57. The van der Waals surface area contributed by atoms with Gasteiger partial charge in [0.2, 0.25) is 5.91 Å². The van der Waals surface area contributed by atoms with Crippen molar-refractivity contribution in [3.63, 3.8) is 0 Å². The lowest BCUT2D eigenvalue weighted by Crippen LogP contribution is -2.31. The van der Waals surface area contributed by atoms with E-state index in [1.54, 1.807) is 34.9 Å². The van der Waals surface area contributed by atoms with Crippen LogP contribution in [0.5, 0.6) is 5.75 Å². The van der Waals surface area contributed by atoms with Crippen molar-refractivity contribution in [1.29, 1.82) is 0 Å². The lowest BCUT2D eigenvalue weighted by molar-refractivity contribution is -0.118. The number of aliphatic hydroxyl groups excluding tert-OH is 1. The summed E-state index contributed by atoms with van der Waals surface area (Å²) in [5.41, 5.74) is 3.27. The average molecular weight is 385 g/mol. The topological polar surface area (TPSA) is 80.5 Å². The van der Waals surface area contributed by atoms with E-state index in [4.69, 9.17) is 16.3 Å². The van der Waals surface area contributed by atoms with Crippen molar-refractivity contribution in [3.8, 4) is 11.4 Å². The number of methoxy groups -OCH3 is 1. The van der Waals surface area contributed by atoms with E-state index in [0.29, 0.717) is 34.3 Å². The zero-order chi connectivity index (χ0) is 19.0. The highest BCUT2D eigenvalue weighted by Crippen LogP contribution is 2.33. The van der Waals surface area contributed by atoms with Crippen molar-refractivity contribution in [3.05, 3.63) is 64.4 Å². The lowest BCUT2D eigenvalue weighted by Gasteiger charge is -2.23. The molecule has 7 nitrogen and oxygen atoms in total. The van der Waals surface area contributed by atoms with Crippen LogP contribution in [0.25, 0.3) is 5.69 Å². The normalized spacial score (nSPS) is 13.1. The molecule has 4 rings (SSSR count). The van der Waals surface area contributed by atoms with Crippen LogP contribution in [0.15, 0.2) is 42.5 Å². The number of hydrogen-bond donors (Lipinski definition) is 1. The second kappa shape index (κ2) is 7.02. The maximum Gasteiger partial charge on any atom is 0.233 e. The van der Waals surface area contributed by atoms with Crippen LogP contribution in [0.1, 0.15) is 17.0 Å². The standard InChI is InChI=1S/C19H17ClN4O3/c1-27-14-5-2-12(3-6-14)10-23-16-7-4-13(20)8-18(16)24-17(9-19(23)26)15(11-25)21-22-24/h2-8,25H,9-11H2,1H3. The fourth-order valence-corrected chi connectivity index (χ4v) is 3.35. The highest BCUT2D eigenvalue weighted by atomic mass is 35.5. The van der Waals surface area contributed by atoms with Crippen LogP contribution < -0.4 is 9.64 Å². The van der Waals surface area contributed by atoms with E-state index in [1.807, 2.05) is 24.3 Å². The molecule has 1 aliphatic rings. The zero-order valence-corrected chi connectivity index (χ0v) is 15.3. The van der Waals surface area contributed by atoms with Gasteiger partial charge in [0.05, 0.1) is 43.8 Å². The molecule has 0 radical (unpaired) electrons. The first kappa shape index (κ1) is 17.5. The van der Waals surface area contributed by atoms with Crippen molar-refractivity contribution in [2.75, 3.05) is 12.0 Å². The quantitative estimate of drug-likeness (QED) is 0.747. The van der Waals surface area contributed by atoms with E-state index in [1.165, 1.54) is 0 Å². The molecule has 0 bridgehead atoms. The van der Waals surface area contributed by atoms with Gasteiger partial charge >= 0.3 is 0 Å². The molecule has 3 aromatic rings. The van der Waals surface area contributed by atoms with Crippen LogP contribution in [-0.4, -0.2) is 33.1 Å². The first-order valence-electron chi connectivity index (χ1n) is 8.38. The summed E-state index contributed by atoms with van der Waals surface area (Å²) in [6, 6.07) is 12.9. The largest absolute Gasteiger partial charge is 0.497 e. The highest BCUT2D eigenvalue weighted by molar-refractivity contribution is 6.31. The van der Waals surface area contributed by atoms with E-state index in [9.17, 15) is 9.90 Å². The Labute approximate surface area is 160 Å². The molecule has 1 N–H and O–H groups in total. The number of aliphatic hydroxyl groups is 1. The van der Waals surface area contributed by atoms with Crippen LogP contribution >= 0.6 is 11.6 Å². The molecule has 0 spiro atoms. The molecule has 0 saturated heterocycles. The van der Waals surface area contributed by atoms with Crippen molar-refractivity contribution in [2.24, 2.45) is 0 Å². The van der Waals surface area contributed by atoms with Crippen LogP contribution in [0, 0.1) is 0 Å². The molecule has 1 aliphatic heterocycles. The number of ether oxygens (including phenoxy) is 1. The van der Waals surface area contributed by atoms with Crippen LogP contribution in [0.2, 0.25) is 5.02 Å². The molecule has 27 heavy (non-hydrogen) atoms. The molecule has 8 heteroatoms. The predicted molar refractivity (Wildman–Crippen MR) is 100 cm³/mol. The number of benzene rings is 2. The van der Waals surface area contributed by atoms with Gasteiger partial charge in [-0.2, -0.15) is 0 Å². The molecule has 0 saturated carbocycles. The Hall–Kier alpha value is -2.90. The van der Waals surface area contributed by atoms with Gasteiger partial charge in [0, 0.05) is 5.02 Å². The maximum atomic E-state index is 13.0. The number of aromatic nitrogens is 3. The van der Waals surface area contributed by atoms with Gasteiger partial charge in [-0.25, -0.2) is 4.68 Å². The molecule has 0 atom stereocenters. The summed E-state index contributed by atoms with van der Waals surface area (Å²) in [7, 11) is 1.61. The van der Waals surface area contributed by atoms with Crippen molar-refractivity contribution >= 4 is 23.2 Å². The summed E-state index contributed by atoms with van der Waals surface area (Å²) in [6.07, 6.45) is 0.0886. The number of rotatable bonds is 4. The fourth-order valence-electron chi connectivity index (χ4n) is 3.18. The SMILES string of the molecule is COc1ccc(CN2C(=O)Cc3c(CO)nnn3-c3cc(Cl)ccc32)cc1. The van der Waals surface area contributed by atoms with Crippen molar-refractivity contribution in [2.45, 2.75) is 19.6 Å². The molecular formula is C19H17ClN4O3. The maximum absolute atomic E-state index is 13.0. The minimum atomic E-state index is -0.281.